The van der Waals surface area contributed by atoms with Gasteiger partial charge in [-0.3, -0.25) is 4.79 Å². The molecule has 18 heavy (non-hydrogen) atoms. The maximum atomic E-state index is 11.9. The molecular formula is C12H19N3O3. The number of carbonyl (C=O) groups is 1. The van der Waals surface area contributed by atoms with Gasteiger partial charge in [0, 0.05) is 19.7 Å². The van der Waals surface area contributed by atoms with Crippen molar-refractivity contribution in [3.63, 3.8) is 0 Å². The molecule has 1 atom stereocenters. The molecule has 0 aromatic carbocycles. The highest BCUT2D eigenvalue weighted by atomic mass is 16.5. The average molecular weight is 253 g/mol. The fourth-order valence-corrected chi connectivity index (χ4v) is 2.28. The lowest BCUT2D eigenvalue weighted by molar-refractivity contribution is 0.0884. The maximum absolute atomic E-state index is 11.9. The molecule has 0 spiro atoms. The standard InChI is InChI=1S/C12H19N3O3/c1-9-6-10(15-18-9)11(16)13-7-12(8-17-2)4-3-5-14-12/h6,14H,3-5,7-8H2,1-2H3,(H,13,16). The van der Waals surface area contributed by atoms with Crippen molar-refractivity contribution in [3.8, 4) is 0 Å². The third-order valence-corrected chi connectivity index (χ3v) is 3.20. The Morgan fingerprint density at radius 3 is 3.11 bits per heavy atom. The fraction of sp³-hybridized carbons (Fsp3) is 0.667. The van der Waals surface area contributed by atoms with Crippen LogP contribution < -0.4 is 10.6 Å². The summed E-state index contributed by atoms with van der Waals surface area (Å²) in [5, 5.41) is 9.97. The number of hydrogen-bond donors (Lipinski definition) is 2. The van der Waals surface area contributed by atoms with E-state index in [-0.39, 0.29) is 11.4 Å². The number of nitrogens with zero attached hydrogens (tertiary/aromatic N) is 1. The molecule has 1 aromatic heterocycles. The van der Waals surface area contributed by atoms with Crippen LogP contribution in [0.25, 0.3) is 0 Å². The molecule has 1 aliphatic heterocycles. The van der Waals surface area contributed by atoms with Crippen molar-refractivity contribution < 1.29 is 14.1 Å². The van der Waals surface area contributed by atoms with Crippen molar-refractivity contribution in [1.82, 2.24) is 15.8 Å². The monoisotopic (exact) mass is 253 g/mol. The Hall–Kier alpha value is -1.40. The maximum Gasteiger partial charge on any atom is 0.273 e. The quantitative estimate of drug-likeness (QED) is 0.798. The number of methoxy groups -OCH3 is 1. The van der Waals surface area contributed by atoms with Gasteiger partial charge in [0.2, 0.25) is 0 Å². The van der Waals surface area contributed by atoms with Crippen LogP contribution in [0, 0.1) is 6.92 Å². The van der Waals surface area contributed by atoms with Gasteiger partial charge in [-0.1, -0.05) is 5.16 Å². The predicted octanol–water partition coefficient (Wildman–Crippen LogP) is 0.481. The number of ether oxygens (including phenoxy) is 1. The molecule has 100 valence electrons. The second-order valence-electron chi connectivity index (χ2n) is 4.75. The minimum atomic E-state index is -0.212. The van der Waals surface area contributed by atoms with E-state index in [0.29, 0.717) is 24.6 Å². The van der Waals surface area contributed by atoms with Crippen LogP contribution in [0.1, 0.15) is 29.1 Å². The molecule has 0 aliphatic carbocycles. The van der Waals surface area contributed by atoms with Crippen molar-refractivity contribution in [2.75, 3.05) is 26.8 Å². The molecule has 2 heterocycles. The van der Waals surface area contributed by atoms with Gasteiger partial charge in [0.15, 0.2) is 5.69 Å². The lowest BCUT2D eigenvalue weighted by Crippen LogP contribution is -2.53. The van der Waals surface area contributed by atoms with Crippen LogP contribution in [0.5, 0.6) is 0 Å². The summed E-state index contributed by atoms with van der Waals surface area (Å²) in [6.07, 6.45) is 2.10. The SMILES string of the molecule is COCC1(CNC(=O)c2cc(C)on2)CCCN1. The minimum absolute atomic E-state index is 0.150. The number of nitrogens with one attached hydrogen (secondary N) is 2. The van der Waals surface area contributed by atoms with E-state index in [1.54, 1.807) is 20.1 Å². The molecular weight excluding hydrogens is 234 g/mol. The van der Waals surface area contributed by atoms with Crippen LogP contribution >= 0.6 is 0 Å². The van der Waals surface area contributed by atoms with Gasteiger partial charge in [0.1, 0.15) is 5.76 Å². The van der Waals surface area contributed by atoms with Gasteiger partial charge in [-0.25, -0.2) is 0 Å². The van der Waals surface area contributed by atoms with Crippen LogP contribution in [0.15, 0.2) is 10.6 Å². The largest absolute Gasteiger partial charge is 0.383 e. The highest BCUT2D eigenvalue weighted by Crippen LogP contribution is 2.18. The Morgan fingerprint density at radius 1 is 1.72 bits per heavy atom. The van der Waals surface area contributed by atoms with E-state index in [2.05, 4.69) is 15.8 Å². The molecule has 1 aliphatic rings. The first kappa shape index (κ1) is 13.0. The molecule has 6 heteroatoms. The molecule has 2 rings (SSSR count). The number of hydrogen-bond acceptors (Lipinski definition) is 5. The first-order valence-corrected chi connectivity index (χ1v) is 6.11. The molecule has 0 radical (unpaired) electrons. The summed E-state index contributed by atoms with van der Waals surface area (Å²) in [7, 11) is 1.67. The number of aromatic nitrogens is 1. The van der Waals surface area contributed by atoms with Crippen LogP contribution in [0.2, 0.25) is 0 Å². The summed E-state index contributed by atoms with van der Waals surface area (Å²) < 4.78 is 10.1. The number of carbonyl (C=O) groups excluding carboxylic acids is 1. The van der Waals surface area contributed by atoms with Crippen molar-refractivity contribution in [2.24, 2.45) is 0 Å². The van der Waals surface area contributed by atoms with Gasteiger partial charge in [-0.05, 0) is 26.3 Å². The van der Waals surface area contributed by atoms with E-state index in [0.717, 1.165) is 19.4 Å². The van der Waals surface area contributed by atoms with Gasteiger partial charge in [0.05, 0.1) is 12.1 Å². The molecule has 6 nitrogen and oxygen atoms in total. The smallest absolute Gasteiger partial charge is 0.273 e. The van der Waals surface area contributed by atoms with Crippen molar-refractivity contribution in [2.45, 2.75) is 25.3 Å². The second kappa shape index (κ2) is 5.49. The van der Waals surface area contributed by atoms with Gasteiger partial charge in [-0.15, -0.1) is 0 Å². The zero-order chi connectivity index (χ0) is 13.0. The van der Waals surface area contributed by atoms with Gasteiger partial charge >= 0.3 is 0 Å². The molecule has 0 saturated carbocycles. The van der Waals surface area contributed by atoms with Gasteiger partial charge < -0.3 is 19.9 Å². The van der Waals surface area contributed by atoms with E-state index >= 15 is 0 Å². The van der Waals surface area contributed by atoms with E-state index in [1.807, 2.05) is 0 Å². The summed E-state index contributed by atoms with van der Waals surface area (Å²) >= 11 is 0. The number of amides is 1. The fourth-order valence-electron chi connectivity index (χ4n) is 2.28. The third-order valence-electron chi connectivity index (χ3n) is 3.20. The molecule has 0 bridgehead atoms. The molecule has 1 fully saturated rings. The minimum Gasteiger partial charge on any atom is -0.383 e. The topological polar surface area (TPSA) is 76.4 Å². The van der Waals surface area contributed by atoms with Crippen LogP contribution in [0.4, 0.5) is 0 Å². The summed E-state index contributed by atoms with van der Waals surface area (Å²) in [6.45, 7) is 3.84. The van der Waals surface area contributed by atoms with Crippen LogP contribution in [0.3, 0.4) is 0 Å². The molecule has 2 N–H and O–H groups in total. The van der Waals surface area contributed by atoms with Crippen LogP contribution in [-0.2, 0) is 4.74 Å². The Labute approximate surface area is 106 Å². The zero-order valence-electron chi connectivity index (χ0n) is 10.8. The first-order chi connectivity index (χ1) is 8.65. The Kier molecular flexibility index (Phi) is 3.98. The predicted molar refractivity (Wildman–Crippen MR) is 65.4 cm³/mol. The first-order valence-electron chi connectivity index (χ1n) is 6.11. The molecule has 1 unspecified atom stereocenters. The Balaban J connectivity index is 1.91. The summed E-state index contributed by atoms with van der Waals surface area (Å²) in [5.74, 6) is 0.418. The van der Waals surface area contributed by atoms with E-state index < -0.39 is 0 Å². The van der Waals surface area contributed by atoms with Gasteiger partial charge in [0.25, 0.3) is 5.91 Å². The molecule has 1 amide bonds. The summed E-state index contributed by atoms with van der Waals surface area (Å²) in [4.78, 5) is 11.9. The van der Waals surface area contributed by atoms with E-state index in [4.69, 9.17) is 9.26 Å². The highest BCUT2D eigenvalue weighted by molar-refractivity contribution is 5.92. The Bertz CT molecular complexity index is 410. The molecule has 1 aromatic rings. The number of rotatable bonds is 5. The van der Waals surface area contributed by atoms with Crippen molar-refractivity contribution >= 4 is 5.91 Å². The highest BCUT2D eigenvalue weighted by Gasteiger charge is 2.34. The number of aryl methyl sites for hydroxylation is 1. The average Bonchev–Trinajstić information content (AvgIpc) is 2.97. The lowest BCUT2D eigenvalue weighted by Gasteiger charge is -2.28. The second-order valence-corrected chi connectivity index (χ2v) is 4.75. The lowest BCUT2D eigenvalue weighted by atomic mass is 9.98. The zero-order valence-corrected chi connectivity index (χ0v) is 10.8. The summed E-state index contributed by atoms with van der Waals surface area (Å²) in [5.41, 5.74) is 0.168. The van der Waals surface area contributed by atoms with Crippen LogP contribution in [-0.4, -0.2) is 43.4 Å². The Morgan fingerprint density at radius 2 is 2.56 bits per heavy atom. The third kappa shape index (κ3) is 2.88. The summed E-state index contributed by atoms with van der Waals surface area (Å²) in [6, 6.07) is 1.63. The van der Waals surface area contributed by atoms with E-state index in [1.165, 1.54) is 0 Å². The van der Waals surface area contributed by atoms with Crippen molar-refractivity contribution in [3.05, 3.63) is 17.5 Å². The molecule has 1 saturated heterocycles. The van der Waals surface area contributed by atoms with Gasteiger partial charge in [-0.2, -0.15) is 0 Å². The van der Waals surface area contributed by atoms with Crippen molar-refractivity contribution in [1.29, 1.82) is 0 Å². The van der Waals surface area contributed by atoms with E-state index in [9.17, 15) is 4.79 Å². The normalized spacial score (nSPS) is 23.2.